The fraction of sp³-hybridized carbons (Fsp3) is 0.636. The summed E-state index contributed by atoms with van der Waals surface area (Å²) in [5, 5.41) is 7.79. The van der Waals surface area contributed by atoms with Crippen molar-refractivity contribution in [2.45, 2.75) is 44.3 Å². The maximum Gasteiger partial charge on any atom is 0.213 e. The van der Waals surface area contributed by atoms with Gasteiger partial charge >= 0.3 is 0 Å². The Hall–Kier alpha value is -1.96. The van der Waals surface area contributed by atoms with Gasteiger partial charge in [-0.15, -0.1) is 0 Å². The Bertz CT molecular complexity index is 777. The van der Waals surface area contributed by atoms with Crippen LogP contribution in [-0.2, 0) is 6.54 Å². The normalized spacial score (nSPS) is 28.3. The molecule has 1 N–H and O–H groups in total. The van der Waals surface area contributed by atoms with Crippen molar-refractivity contribution in [3.63, 3.8) is 0 Å². The van der Waals surface area contributed by atoms with Gasteiger partial charge in [0, 0.05) is 50.3 Å². The molecule has 0 aromatic carbocycles. The lowest BCUT2D eigenvalue weighted by Crippen LogP contribution is -2.57. The van der Waals surface area contributed by atoms with Crippen LogP contribution in [0.2, 0.25) is 0 Å². The molecule has 0 aliphatic carbocycles. The molecule has 2 aromatic rings. The number of aromatic nitrogens is 2. The second kappa shape index (κ2) is 8.81. The molecule has 7 heteroatoms. The predicted molar refractivity (Wildman–Crippen MR) is 110 cm³/mol. The molecule has 2 aromatic heterocycles. The van der Waals surface area contributed by atoms with Gasteiger partial charge in [-0.2, -0.15) is 0 Å². The molecule has 29 heavy (non-hydrogen) atoms. The van der Waals surface area contributed by atoms with Gasteiger partial charge < -0.3 is 14.6 Å². The SMILES string of the molecule is c1cc(CN2CCCC2)nc(OCC2CCC3C(c4ccon4)NCCN3C2)c1. The first-order valence-corrected chi connectivity index (χ1v) is 11.0. The van der Waals surface area contributed by atoms with E-state index in [2.05, 4.69) is 32.4 Å². The smallest absolute Gasteiger partial charge is 0.213 e. The van der Waals surface area contributed by atoms with Gasteiger partial charge in [-0.25, -0.2) is 4.98 Å². The fourth-order valence-corrected chi connectivity index (χ4v) is 5.10. The summed E-state index contributed by atoms with van der Waals surface area (Å²) < 4.78 is 11.2. The number of hydrogen-bond donors (Lipinski definition) is 1. The molecule has 3 atom stereocenters. The van der Waals surface area contributed by atoms with E-state index in [0.29, 0.717) is 12.0 Å². The molecule has 7 nitrogen and oxygen atoms in total. The first-order chi connectivity index (χ1) is 14.3. The maximum absolute atomic E-state index is 6.13. The summed E-state index contributed by atoms with van der Waals surface area (Å²) in [7, 11) is 0. The van der Waals surface area contributed by atoms with Crippen molar-refractivity contribution in [3.05, 3.63) is 41.9 Å². The average Bonchev–Trinajstić information content (AvgIpc) is 3.46. The van der Waals surface area contributed by atoms with E-state index >= 15 is 0 Å². The predicted octanol–water partition coefficient (Wildman–Crippen LogP) is 2.47. The van der Waals surface area contributed by atoms with Crippen molar-refractivity contribution in [2.75, 3.05) is 39.3 Å². The van der Waals surface area contributed by atoms with Gasteiger partial charge in [0.25, 0.3) is 0 Å². The first-order valence-electron chi connectivity index (χ1n) is 11.0. The standard InChI is InChI=1S/C22H31N5O2/c1-2-11-26(10-1)15-18-4-3-5-21(24-18)28-16-17-6-7-20-22(19-8-13-29-25-19)23-9-12-27(20)14-17/h3-5,8,13,17,20,22-23H,1-2,6-7,9-12,14-16H2. The second-order valence-electron chi connectivity index (χ2n) is 8.62. The zero-order valence-corrected chi connectivity index (χ0v) is 17.0. The average molecular weight is 398 g/mol. The van der Waals surface area contributed by atoms with Crippen molar-refractivity contribution in [1.82, 2.24) is 25.3 Å². The van der Waals surface area contributed by atoms with Crippen molar-refractivity contribution in [3.8, 4) is 5.88 Å². The quantitative estimate of drug-likeness (QED) is 0.803. The van der Waals surface area contributed by atoms with Crippen LogP contribution in [0.4, 0.5) is 0 Å². The third-order valence-corrected chi connectivity index (χ3v) is 6.59. The van der Waals surface area contributed by atoms with Crippen LogP contribution in [0, 0.1) is 5.92 Å². The molecule has 156 valence electrons. The Balaban J connectivity index is 1.15. The second-order valence-corrected chi connectivity index (χ2v) is 8.62. The maximum atomic E-state index is 6.13. The molecule has 3 aliphatic rings. The van der Waals surface area contributed by atoms with Gasteiger partial charge in [0.2, 0.25) is 5.88 Å². The minimum atomic E-state index is 0.272. The van der Waals surface area contributed by atoms with E-state index in [4.69, 9.17) is 14.2 Å². The summed E-state index contributed by atoms with van der Waals surface area (Å²) in [4.78, 5) is 9.82. The number of fused-ring (bicyclic) bond motifs is 1. The first kappa shape index (κ1) is 19.0. The molecule has 3 aliphatic heterocycles. The fourth-order valence-electron chi connectivity index (χ4n) is 5.10. The van der Waals surface area contributed by atoms with Gasteiger partial charge in [-0.1, -0.05) is 11.2 Å². The van der Waals surface area contributed by atoms with Crippen LogP contribution in [0.15, 0.2) is 35.1 Å². The minimum absolute atomic E-state index is 0.272. The highest BCUT2D eigenvalue weighted by Gasteiger charge is 2.38. The van der Waals surface area contributed by atoms with E-state index in [-0.39, 0.29) is 6.04 Å². The van der Waals surface area contributed by atoms with E-state index in [1.165, 1.54) is 32.4 Å². The number of piperidine rings is 1. The van der Waals surface area contributed by atoms with Crippen LogP contribution in [0.3, 0.4) is 0 Å². The lowest BCUT2D eigenvalue weighted by molar-refractivity contribution is 0.0368. The van der Waals surface area contributed by atoms with Crippen LogP contribution in [0.25, 0.3) is 0 Å². The number of hydrogen-bond acceptors (Lipinski definition) is 7. The number of nitrogens with zero attached hydrogens (tertiary/aromatic N) is 4. The summed E-state index contributed by atoms with van der Waals surface area (Å²) in [5.41, 5.74) is 2.14. The molecule has 3 unspecified atom stereocenters. The van der Waals surface area contributed by atoms with E-state index in [0.717, 1.165) is 56.5 Å². The number of pyridine rings is 1. The van der Waals surface area contributed by atoms with E-state index in [1.807, 2.05) is 12.1 Å². The van der Waals surface area contributed by atoms with Crippen molar-refractivity contribution >= 4 is 0 Å². The molecule has 0 saturated carbocycles. The number of ether oxygens (including phenoxy) is 1. The van der Waals surface area contributed by atoms with E-state index < -0.39 is 0 Å². The Labute approximate surface area is 172 Å². The summed E-state index contributed by atoms with van der Waals surface area (Å²) in [5.74, 6) is 1.32. The lowest BCUT2D eigenvalue weighted by atomic mass is 9.87. The molecule has 3 fully saturated rings. The number of nitrogens with one attached hydrogen (secondary N) is 1. The van der Waals surface area contributed by atoms with Crippen LogP contribution in [-0.4, -0.2) is 65.3 Å². The molecule has 5 rings (SSSR count). The number of rotatable bonds is 6. The zero-order valence-electron chi connectivity index (χ0n) is 17.0. The molecule has 0 spiro atoms. The molecular weight excluding hydrogens is 366 g/mol. The molecule has 0 amide bonds. The Kier molecular flexibility index (Phi) is 5.78. The largest absolute Gasteiger partial charge is 0.477 e. The van der Waals surface area contributed by atoms with Crippen molar-refractivity contribution in [2.24, 2.45) is 5.92 Å². The zero-order chi connectivity index (χ0) is 19.5. The number of piperazine rings is 1. The third kappa shape index (κ3) is 4.47. The van der Waals surface area contributed by atoms with Gasteiger partial charge in [-0.05, 0) is 44.8 Å². The molecular formula is C22H31N5O2. The molecule has 0 bridgehead atoms. The highest BCUT2D eigenvalue weighted by molar-refractivity contribution is 5.16. The van der Waals surface area contributed by atoms with Gasteiger partial charge in [0.15, 0.2) is 0 Å². The molecule has 5 heterocycles. The Morgan fingerprint density at radius 3 is 2.93 bits per heavy atom. The lowest BCUT2D eigenvalue weighted by Gasteiger charge is -2.46. The van der Waals surface area contributed by atoms with E-state index in [1.54, 1.807) is 6.26 Å². The van der Waals surface area contributed by atoms with Crippen LogP contribution in [0.5, 0.6) is 5.88 Å². The number of likely N-dealkylation sites (tertiary alicyclic amines) is 1. The summed E-state index contributed by atoms with van der Waals surface area (Å²) in [6.45, 7) is 7.21. The highest BCUT2D eigenvalue weighted by Crippen LogP contribution is 2.32. The highest BCUT2D eigenvalue weighted by atomic mass is 16.5. The van der Waals surface area contributed by atoms with Crippen LogP contribution in [0.1, 0.15) is 43.1 Å². The van der Waals surface area contributed by atoms with Gasteiger partial charge in [-0.3, -0.25) is 9.80 Å². The van der Waals surface area contributed by atoms with Gasteiger partial charge in [0.1, 0.15) is 12.0 Å². The summed E-state index contributed by atoms with van der Waals surface area (Å²) in [6.07, 6.45) is 6.61. The summed E-state index contributed by atoms with van der Waals surface area (Å²) in [6, 6.07) is 8.92. The third-order valence-electron chi connectivity index (χ3n) is 6.59. The Morgan fingerprint density at radius 1 is 1.14 bits per heavy atom. The molecule has 0 radical (unpaired) electrons. The molecule has 3 saturated heterocycles. The van der Waals surface area contributed by atoms with Crippen LogP contribution < -0.4 is 10.1 Å². The van der Waals surface area contributed by atoms with Crippen LogP contribution >= 0.6 is 0 Å². The van der Waals surface area contributed by atoms with E-state index in [9.17, 15) is 0 Å². The monoisotopic (exact) mass is 397 g/mol. The van der Waals surface area contributed by atoms with Crippen molar-refractivity contribution < 1.29 is 9.26 Å². The minimum Gasteiger partial charge on any atom is -0.477 e. The Morgan fingerprint density at radius 2 is 2.07 bits per heavy atom. The topological polar surface area (TPSA) is 66.7 Å². The van der Waals surface area contributed by atoms with Gasteiger partial charge in [0.05, 0.1) is 18.3 Å². The summed E-state index contributed by atoms with van der Waals surface area (Å²) >= 11 is 0. The van der Waals surface area contributed by atoms with Crippen molar-refractivity contribution in [1.29, 1.82) is 0 Å².